The number of rotatable bonds is 8. The van der Waals surface area contributed by atoms with Gasteiger partial charge in [0.2, 0.25) is 5.95 Å². The molecule has 3 atom stereocenters. The van der Waals surface area contributed by atoms with E-state index in [1.807, 2.05) is 0 Å². The van der Waals surface area contributed by atoms with E-state index in [1.165, 1.54) is 20.4 Å². The fourth-order valence-electron chi connectivity index (χ4n) is 4.50. The Balaban J connectivity index is 1.96. The number of ether oxygens (including phenoxy) is 1. The van der Waals surface area contributed by atoms with Gasteiger partial charge in [0.05, 0.1) is 24.1 Å². The number of nitrogens with zero attached hydrogens (tertiary/aromatic N) is 2. The fourth-order valence-corrected chi connectivity index (χ4v) is 5.45. The second kappa shape index (κ2) is 11.0. The minimum atomic E-state index is -4.63. The molecule has 1 aromatic heterocycles. The zero-order valence-electron chi connectivity index (χ0n) is 20.8. The molecule has 0 radical (unpaired) electrons. The quantitative estimate of drug-likeness (QED) is 0.450. The van der Waals surface area contributed by atoms with Gasteiger partial charge in [0.15, 0.2) is 0 Å². The summed E-state index contributed by atoms with van der Waals surface area (Å²) in [6, 6.07) is 2.97. The van der Waals surface area contributed by atoms with Crippen LogP contribution in [-0.2, 0) is 22.3 Å². The number of hydrogen-bond acceptors (Lipinski definition) is 6. The van der Waals surface area contributed by atoms with Crippen LogP contribution < -0.4 is 20.1 Å². The number of methoxy groups -OCH3 is 1. The molecule has 1 aliphatic carbocycles. The Bertz CT molecular complexity index is 1220. The Morgan fingerprint density at radius 3 is 2.58 bits per heavy atom. The molecule has 1 aliphatic rings. The molecule has 1 saturated carbocycles. The van der Waals surface area contributed by atoms with E-state index in [2.05, 4.69) is 31.2 Å². The Morgan fingerprint density at radius 2 is 1.97 bits per heavy atom. The third-order valence-electron chi connectivity index (χ3n) is 6.20. The number of anilines is 2. The molecule has 12 heteroatoms. The SMILES string of the molecule is C=S(C)(=O)N[C@@H]1CCCC[C@H]1Cc1nc(Nc2cc(C)c(C(=O)NC)cc2OC)ncc1C(F)(F)F. The molecule has 1 fully saturated rings. The second-order valence-electron chi connectivity index (χ2n) is 9.10. The van der Waals surface area contributed by atoms with Gasteiger partial charge in [-0.25, -0.2) is 14.7 Å². The molecule has 1 aromatic carbocycles. The Morgan fingerprint density at radius 1 is 1.28 bits per heavy atom. The van der Waals surface area contributed by atoms with E-state index in [0.29, 0.717) is 35.4 Å². The number of carbonyl (C=O) groups is 1. The predicted molar refractivity (Wildman–Crippen MR) is 135 cm³/mol. The van der Waals surface area contributed by atoms with E-state index in [1.54, 1.807) is 19.1 Å². The summed E-state index contributed by atoms with van der Waals surface area (Å²) in [5.41, 5.74) is 0.415. The van der Waals surface area contributed by atoms with Gasteiger partial charge in [-0.1, -0.05) is 12.8 Å². The Kier molecular flexibility index (Phi) is 8.50. The zero-order valence-corrected chi connectivity index (χ0v) is 21.6. The number of carbonyl (C=O) groups excluding carboxylic acids is 1. The third kappa shape index (κ3) is 6.88. The van der Waals surface area contributed by atoms with Crippen molar-refractivity contribution >= 4 is 33.1 Å². The first-order valence-corrected chi connectivity index (χ1v) is 13.7. The molecule has 1 heterocycles. The van der Waals surface area contributed by atoms with Crippen molar-refractivity contribution in [1.82, 2.24) is 20.0 Å². The van der Waals surface area contributed by atoms with Gasteiger partial charge in [0.25, 0.3) is 5.91 Å². The number of amides is 1. The number of aryl methyl sites for hydroxylation is 1. The number of aromatic nitrogens is 2. The average Bonchev–Trinajstić information content (AvgIpc) is 2.78. The molecule has 2 aromatic rings. The summed E-state index contributed by atoms with van der Waals surface area (Å²) in [5, 5.41) is 5.49. The van der Waals surface area contributed by atoms with Crippen molar-refractivity contribution in [2.45, 2.75) is 51.2 Å². The van der Waals surface area contributed by atoms with Crippen molar-refractivity contribution in [3.63, 3.8) is 0 Å². The number of nitrogens with one attached hydrogen (secondary N) is 3. The van der Waals surface area contributed by atoms with E-state index in [9.17, 15) is 22.2 Å². The van der Waals surface area contributed by atoms with Crippen molar-refractivity contribution in [3.8, 4) is 5.75 Å². The van der Waals surface area contributed by atoms with Gasteiger partial charge in [-0.2, -0.15) is 13.2 Å². The predicted octanol–water partition coefficient (Wildman–Crippen LogP) is 3.87. The molecule has 1 amide bonds. The maximum absolute atomic E-state index is 13.8. The molecule has 0 aliphatic heterocycles. The summed E-state index contributed by atoms with van der Waals surface area (Å²) in [4.78, 5) is 20.3. The van der Waals surface area contributed by atoms with Crippen LogP contribution in [0.15, 0.2) is 18.3 Å². The highest BCUT2D eigenvalue weighted by atomic mass is 32.2. The first-order chi connectivity index (χ1) is 16.8. The van der Waals surface area contributed by atoms with Crippen LogP contribution in [0.5, 0.6) is 5.75 Å². The molecule has 0 bridgehead atoms. The van der Waals surface area contributed by atoms with E-state index in [-0.39, 0.29) is 35.9 Å². The van der Waals surface area contributed by atoms with Crippen LogP contribution in [0.3, 0.4) is 0 Å². The zero-order chi connectivity index (χ0) is 26.7. The van der Waals surface area contributed by atoms with Crippen molar-refractivity contribution in [2.75, 3.05) is 25.7 Å². The van der Waals surface area contributed by atoms with Crippen molar-refractivity contribution in [1.29, 1.82) is 0 Å². The maximum Gasteiger partial charge on any atom is 0.419 e. The number of hydrogen-bond donors (Lipinski definition) is 3. The summed E-state index contributed by atoms with van der Waals surface area (Å²) < 4.78 is 62.1. The molecule has 3 N–H and O–H groups in total. The fraction of sp³-hybridized carbons (Fsp3) is 0.500. The summed E-state index contributed by atoms with van der Waals surface area (Å²) in [5.74, 6) is 3.44. The number of halogens is 3. The third-order valence-corrected chi connectivity index (χ3v) is 7.00. The monoisotopic (exact) mass is 527 g/mol. The average molecular weight is 528 g/mol. The lowest BCUT2D eigenvalue weighted by atomic mass is 9.81. The smallest absolute Gasteiger partial charge is 0.419 e. The number of benzene rings is 1. The van der Waals surface area contributed by atoms with E-state index in [4.69, 9.17) is 4.74 Å². The first kappa shape index (κ1) is 27.7. The van der Waals surface area contributed by atoms with Crippen LogP contribution in [0.4, 0.5) is 24.8 Å². The Hall–Kier alpha value is -2.86. The number of alkyl halides is 3. The molecule has 198 valence electrons. The van der Waals surface area contributed by atoms with Crippen molar-refractivity contribution in [2.24, 2.45) is 5.92 Å². The van der Waals surface area contributed by atoms with Crippen molar-refractivity contribution in [3.05, 3.63) is 40.7 Å². The lowest BCUT2D eigenvalue weighted by Crippen LogP contribution is -2.42. The van der Waals surface area contributed by atoms with Crippen LogP contribution in [0.2, 0.25) is 0 Å². The minimum absolute atomic E-state index is 0.0276. The van der Waals surface area contributed by atoms with Gasteiger partial charge in [0.1, 0.15) is 5.75 Å². The van der Waals surface area contributed by atoms with E-state index >= 15 is 0 Å². The normalized spacial score (nSPS) is 19.9. The lowest BCUT2D eigenvalue weighted by Gasteiger charge is -2.33. The van der Waals surface area contributed by atoms with Gasteiger partial charge >= 0.3 is 6.18 Å². The van der Waals surface area contributed by atoms with Crippen molar-refractivity contribution < 1.29 is 26.9 Å². The molecule has 1 unspecified atom stereocenters. The maximum atomic E-state index is 13.8. The van der Waals surface area contributed by atoms with Gasteiger partial charge in [0, 0.05) is 40.8 Å². The van der Waals surface area contributed by atoms with Gasteiger partial charge in [-0.05, 0) is 55.7 Å². The molecule has 3 rings (SSSR count). The molecule has 8 nitrogen and oxygen atoms in total. The van der Waals surface area contributed by atoms with Gasteiger partial charge in [-0.15, -0.1) is 0 Å². The summed E-state index contributed by atoms with van der Waals surface area (Å²) in [7, 11) is 0.418. The molecular weight excluding hydrogens is 495 g/mol. The minimum Gasteiger partial charge on any atom is -0.495 e. The van der Waals surface area contributed by atoms with Crippen LogP contribution in [0.1, 0.15) is 52.9 Å². The summed E-state index contributed by atoms with van der Waals surface area (Å²) >= 11 is 0. The first-order valence-electron chi connectivity index (χ1n) is 11.5. The molecular formula is C24H32F3N5O3S. The standard InChI is InChI=1S/C24H32F3N5O3S/c1-14-10-20(21(35-3)12-16(14)22(33)28-2)31-23-29-13-17(24(25,26)27)19(30-23)11-15-8-6-7-9-18(15)32-36(4,5)34/h10,12-13,15,18H,4,6-9,11H2,1-3,5H3,(H,28,33)(H,32,34)(H,29,30,31)/t15-,18+,36?/m0/s1. The molecule has 36 heavy (non-hydrogen) atoms. The highest BCUT2D eigenvalue weighted by Gasteiger charge is 2.37. The van der Waals surface area contributed by atoms with E-state index < -0.39 is 21.4 Å². The van der Waals surface area contributed by atoms with Crippen LogP contribution >= 0.6 is 0 Å². The molecule has 0 spiro atoms. The van der Waals surface area contributed by atoms with Crippen LogP contribution in [0.25, 0.3) is 0 Å². The highest BCUT2D eigenvalue weighted by Crippen LogP contribution is 2.36. The summed E-state index contributed by atoms with van der Waals surface area (Å²) in [6.07, 6.45) is 0.844. The largest absolute Gasteiger partial charge is 0.495 e. The van der Waals surface area contributed by atoms with E-state index in [0.717, 1.165) is 19.0 Å². The lowest BCUT2D eigenvalue weighted by molar-refractivity contribution is -0.138. The van der Waals surface area contributed by atoms with Gasteiger partial charge < -0.3 is 15.4 Å². The molecule has 0 saturated heterocycles. The van der Waals surface area contributed by atoms with Crippen LogP contribution in [0, 0.1) is 12.8 Å². The highest BCUT2D eigenvalue weighted by molar-refractivity contribution is 7.97. The van der Waals surface area contributed by atoms with Gasteiger partial charge in [-0.3, -0.25) is 9.00 Å². The second-order valence-corrected chi connectivity index (χ2v) is 11.3. The Labute approximate surface area is 209 Å². The topological polar surface area (TPSA) is 105 Å². The van der Waals surface area contributed by atoms with Crippen LogP contribution in [-0.4, -0.2) is 52.4 Å². The summed E-state index contributed by atoms with van der Waals surface area (Å²) in [6.45, 7) is 1.73.